The fourth-order valence-corrected chi connectivity index (χ4v) is 0.914. The van der Waals surface area contributed by atoms with Crippen molar-refractivity contribution in [3.05, 3.63) is 29.8 Å². The summed E-state index contributed by atoms with van der Waals surface area (Å²) in [6.45, 7) is 0.782. The summed E-state index contributed by atoms with van der Waals surface area (Å²) in [5.74, 6) is 0.893. The molecule has 0 bridgehead atoms. The first kappa shape index (κ1) is 8.08. The molecule has 1 aromatic carbocycles. The lowest BCUT2D eigenvalue weighted by atomic mass is 10.2. The maximum absolute atomic E-state index is 5.02. The molecular formula is C9H12NO. The zero-order chi connectivity index (χ0) is 8.10. The lowest BCUT2D eigenvalue weighted by molar-refractivity contribution is 0.414. The number of hydrogen-bond acceptors (Lipinski definition) is 1. The third-order valence-electron chi connectivity index (χ3n) is 1.50. The summed E-state index contributed by atoms with van der Waals surface area (Å²) in [4.78, 5) is 0. The van der Waals surface area contributed by atoms with Crippen LogP contribution in [0.1, 0.15) is 5.56 Å². The molecule has 0 aliphatic heterocycles. The molecule has 0 aromatic heterocycles. The lowest BCUT2D eigenvalue weighted by Crippen LogP contribution is -1.96. The van der Waals surface area contributed by atoms with Crippen LogP contribution in [0.5, 0.6) is 5.75 Å². The van der Waals surface area contributed by atoms with Crippen LogP contribution in [0.4, 0.5) is 0 Å². The summed E-state index contributed by atoms with van der Waals surface area (Å²) in [6, 6.07) is 7.93. The molecule has 0 N–H and O–H groups in total. The van der Waals surface area contributed by atoms with Gasteiger partial charge < -0.3 is 4.74 Å². The highest BCUT2D eigenvalue weighted by atomic mass is 16.5. The van der Waals surface area contributed by atoms with Crippen molar-refractivity contribution in [3.63, 3.8) is 0 Å². The molecule has 0 saturated heterocycles. The van der Waals surface area contributed by atoms with Crippen LogP contribution in [-0.4, -0.2) is 14.2 Å². The molecule has 2 heteroatoms. The highest BCUT2D eigenvalue weighted by molar-refractivity contribution is 5.26. The Bertz CT molecular complexity index is 205. The number of hydrogen-bond donors (Lipinski definition) is 0. The highest BCUT2D eigenvalue weighted by Gasteiger charge is 1.91. The Morgan fingerprint density at radius 3 is 2.36 bits per heavy atom. The lowest BCUT2D eigenvalue weighted by Gasteiger charge is -2.00. The molecule has 2 nitrogen and oxygen atoms in total. The number of benzene rings is 1. The minimum atomic E-state index is 0.782. The Morgan fingerprint density at radius 2 is 1.91 bits per heavy atom. The fraction of sp³-hybridized carbons (Fsp3) is 0.333. The van der Waals surface area contributed by atoms with Crippen LogP contribution in [0, 0.1) is 0 Å². The second-order valence-electron chi connectivity index (χ2n) is 2.32. The van der Waals surface area contributed by atoms with E-state index in [1.165, 1.54) is 5.56 Å². The summed E-state index contributed by atoms with van der Waals surface area (Å²) < 4.78 is 5.02. The predicted octanol–water partition coefficient (Wildman–Crippen LogP) is 1.43. The Balaban J connectivity index is 2.66. The van der Waals surface area contributed by atoms with Crippen LogP contribution in [0.3, 0.4) is 0 Å². The molecule has 1 aromatic rings. The standard InChI is InChI=1S/C9H12NO/c1-10-7-8-3-5-9(11-2)6-4-8/h3-6H,7H2,1-2H3. The maximum Gasteiger partial charge on any atom is 0.118 e. The third kappa shape index (κ3) is 2.24. The Kier molecular flexibility index (Phi) is 2.93. The van der Waals surface area contributed by atoms with Crippen LogP contribution in [0.25, 0.3) is 0 Å². The largest absolute Gasteiger partial charge is 0.497 e. The predicted molar refractivity (Wildman–Crippen MR) is 44.8 cm³/mol. The van der Waals surface area contributed by atoms with Crippen LogP contribution in [0.2, 0.25) is 0 Å². The second-order valence-corrected chi connectivity index (χ2v) is 2.32. The van der Waals surface area contributed by atoms with Crippen molar-refractivity contribution in [2.75, 3.05) is 14.2 Å². The first-order valence-corrected chi connectivity index (χ1v) is 3.55. The van der Waals surface area contributed by atoms with E-state index in [4.69, 9.17) is 4.74 Å². The minimum Gasteiger partial charge on any atom is -0.497 e. The smallest absolute Gasteiger partial charge is 0.118 e. The zero-order valence-corrected chi connectivity index (χ0v) is 6.87. The van der Waals surface area contributed by atoms with E-state index in [-0.39, 0.29) is 0 Å². The number of methoxy groups -OCH3 is 1. The number of nitrogens with zero attached hydrogens (tertiary/aromatic N) is 1. The molecule has 0 heterocycles. The minimum absolute atomic E-state index is 0.782. The third-order valence-corrected chi connectivity index (χ3v) is 1.50. The van der Waals surface area contributed by atoms with Gasteiger partial charge in [-0.05, 0) is 17.7 Å². The first-order valence-electron chi connectivity index (χ1n) is 3.55. The van der Waals surface area contributed by atoms with Gasteiger partial charge in [0, 0.05) is 13.6 Å². The molecule has 0 aliphatic carbocycles. The quantitative estimate of drug-likeness (QED) is 0.639. The van der Waals surface area contributed by atoms with Gasteiger partial charge in [-0.3, -0.25) is 0 Å². The Hall–Kier alpha value is -1.02. The first-order chi connectivity index (χ1) is 5.36. The van der Waals surface area contributed by atoms with Crippen LogP contribution in [-0.2, 0) is 6.54 Å². The van der Waals surface area contributed by atoms with E-state index >= 15 is 0 Å². The zero-order valence-electron chi connectivity index (χ0n) is 6.87. The summed E-state index contributed by atoms with van der Waals surface area (Å²) in [7, 11) is 3.48. The second kappa shape index (κ2) is 3.98. The van der Waals surface area contributed by atoms with Crippen molar-refractivity contribution in [1.82, 2.24) is 5.32 Å². The van der Waals surface area contributed by atoms with Gasteiger partial charge in [0.2, 0.25) is 0 Å². The molecule has 0 amide bonds. The average molecular weight is 150 g/mol. The van der Waals surface area contributed by atoms with Gasteiger partial charge in [0.1, 0.15) is 5.75 Å². The SMILES string of the molecule is C[N]Cc1ccc(OC)cc1. The summed E-state index contributed by atoms with van der Waals surface area (Å²) in [5, 5.41) is 4.02. The van der Waals surface area contributed by atoms with Crippen molar-refractivity contribution >= 4 is 0 Å². The number of rotatable bonds is 3. The van der Waals surface area contributed by atoms with Crippen LogP contribution < -0.4 is 10.1 Å². The van der Waals surface area contributed by atoms with Gasteiger partial charge >= 0.3 is 0 Å². The van der Waals surface area contributed by atoms with Gasteiger partial charge in [-0.2, -0.15) is 0 Å². The van der Waals surface area contributed by atoms with Gasteiger partial charge in [0.25, 0.3) is 0 Å². The normalized spacial score (nSPS) is 9.64. The summed E-state index contributed by atoms with van der Waals surface area (Å²) in [5.41, 5.74) is 1.22. The Morgan fingerprint density at radius 1 is 1.27 bits per heavy atom. The molecule has 0 unspecified atom stereocenters. The van der Waals surface area contributed by atoms with E-state index in [0.717, 1.165) is 12.3 Å². The van der Waals surface area contributed by atoms with Crippen molar-refractivity contribution in [1.29, 1.82) is 0 Å². The highest BCUT2D eigenvalue weighted by Crippen LogP contribution is 2.10. The van der Waals surface area contributed by atoms with E-state index < -0.39 is 0 Å². The molecule has 1 rings (SSSR count). The molecule has 11 heavy (non-hydrogen) atoms. The van der Waals surface area contributed by atoms with Crippen LogP contribution >= 0.6 is 0 Å². The Labute approximate surface area is 67.2 Å². The molecule has 0 aliphatic rings. The molecule has 0 saturated carbocycles. The van der Waals surface area contributed by atoms with Gasteiger partial charge in [0.05, 0.1) is 7.11 Å². The molecule has 1 radical (unpaired) electrons. The van der Waals surface area contributed by atoms with E-state index in [2.05, 4.69) is 5.32 Å². The van der Waals surface area contributed by atoms with Crippen molar-refractivity contribution in [2.45, 2.75) is 6.54 Å². The molecule has 59 valence electrons. The van der Waals surface area contributed by atoms with Crippen molar-refractivity contribution < 1.29 is 4.74 Å². The summed E-state index contributed by atoms with van der Waals surface area (Å²) in [6.07, 6.45) is 0. The monoisotopic (exact) mass is 150 g/mol. The van der Waals surface area contributed by atoms with E-state index in [1.807, 2.05) is 31.3 Å². The van der Waals surface area contributed by atoms with Gasteiger partial charge in [0.15, 0.2) is 0 Å². The maximum atomic E-state index is 5.02. The van der Waals surface area contributed by atoms with Crippen LogP contribution in [0.15, 0.2) is 24.3 Å². The molecular weight excluding hydrogens is 138 g/mol. The van der Waals surface area contributed by atoms with Gasteiger partial charge in [-0.1, -0.05) is 12.1 Å². The van der Waals surface area contributed by atoms with E-state index in [1.54, 1.807) is 7.11 Å². The molecule has 0 fully saturated rings. The summed E-state index contributed by atoms with van der Waals surface area (Å²) >= 11 is 0. The fourth-order valence-electron chi connectivity index (χ4n) is 0.914. The van der Waals surface area contributed by atoms with Crippen molar-refractivity contribution in [2.24, 2.45) is 0 Å². The van der Waals surface area contributed by atoms with E-state index in [0.29, 0.717) is 0 Å². The molecule has 0 spiro atoms. The van der Waals surface area contributed by atoms with E-state index in [9.17, 15) is 0 Å². The van der Waals surface area contributed by atoms with Gasteiger partial charge in [-0.15, -0.1) is 0 Å². The average Bonchev–Trinajstić information content (AvgIpc) is 2.07. The molecule has 0 atom stereocenters. The number of ether oxygens (including phenoxy) is 1. The van der Waals surface area contributed by atoms with Crippen molar-refractivity contribution in [3.8, 4) is 5.75 Å². The van der Waals surface area contributed by atoms with Gasteiger partial charge in [-0.25, -0.2) is 5.32 Å². The topological polar surface area (TPSA) is 23.3 Å².